The molecule has 0 heterocycles. The molecule has 0 spiro atoms. The van der Waals surface area contributed by atoms with Crippen molar-refractivity contribution in [3.05, 3.63) is 60.2 Å². The number of benzene rings is 2. The van der Waals surface area contributed by atoms with E-state index in [0.29, 0.717) is 6.42 Å². The Balaban J connectivity index is 2.10. The number of amides is 3. The number of carbonyl (C=O) groups excluding carboxylic acids is 2. The van der Waals surface area contributed by atoms with Gasteiger partial charge in [0, 0.05) is 26.1 Å². The third kappa shape index (κ3) is 9.51. The largest absolute Gasteiger partial charge is 0.481 e. The van der Waals surface area contributed by atoms with Crippen molar-refractivity contribution < 1.29 is 29.4 Å². The number of nitrogens with one attached hydrogen (secondary N) is 2. The lowest BCUT2D eigenvalue weighted by Crippen LogP contribution is -2.53. The predicted molar refractivity (Wildman–Crippen MR) is 144 cm³/mol. The molecule has 3 amide bonds. The van der Waals surface area contributed by atoms with Gasteiger partial charge in [-0.15, -0.1) is 0 Å². The van der Waals surface area contributed by atoms with E-state index in [1.54, 1.807) is 0 Å². The number of rotatable bonds is 14. The summed E-state index contributed by atoms with van der Waals surface area (Å²) in [5.74, 6) is -4.01. The molecule has 0 aliphatic rings. The lowest BCUT2D eigenvalue weighted by Gasteiger charge is -2.28. The standard InChI is InChI=1S/C28H38N4O6/c1-4-5-15-32(18-22(24(33)34)17-30-26(37)28(2,3)29)27(38)31-23(25(35)36)16-19-11-13-21(14-12-19)20-9-7-6-8-10-20/h6-14,22-23H,4-5,15-18,29H2,1-3H3,(H,30,37)(H,31,38)(H,33,34)(H,35,36)/t22-,23-/m0/s1. The summed E-state index contributed by atoms with van der Waals surface area (Å²) < 4.78 is 0. The highest BCUT2D eigenvalue weighted by Crippen LogP contribution is 2.20. The van der Waals surface area contributed by atoms with Crippen LogP contribution in [0.3, 0.4) is 0 Å². The second-order valence-electron chi connectivity index (χ2n) is 9.87. The van der Waals surface area contributed by atoms with Crippen LogP contribution >= 0.6 is 0 Å². The minimum absolute atomic E-state index is 0.0573. The lowest BCUT2D eigenvalue weighted by atomic mass is 10.0. The van der Waals surface area contributed by atoms with Crippen LogP contribution in [-0.4, -0.2) is 70.2 Å². The fraction of sp³-hybridized carbons (Fsp3) is 0.429. The van der Waals surface area contributed by atoms with Crippen LogP contribution in [0, 0.1) is 5.92 Å². The van der Waals surface area contributed by atoms with E-state index in [1.165, 1.54) is 18.7 Å². The van der Waals surface area contributed by atoms with E-state index in [-0.39, 0.29) is 26.1 Å². The van der Waals surface area contributed by atoms with E-state index in [2.05, 4.69) is 10.6 Å². The maximum absolute atomic E-state index is 13.1. The summed E-state index contributed by atoms with van der Waals surface area (Å²) in [5, 5.41) is 24.5. The molecule has 2 atom stereocenters. The highest BCUT2D eigenvalue weighted by atomic mass is 16.4. The minimum Gasteiger partial charge on any atom is -0.481 e. The minimum atomic E-state index is -1.21. The zero-order chi connectivity index (χ0) is 28.3. The van der Waals surface area contributed by atoms with E-state index in [0.717, 1.165) is 23.1 Å². The Morgan fingerprint density at radius 1 is 0.947 bits per heavy atom. The van der Waals surface area contributed by atoms with Gasteiger partial charge in [-0.1, -0.05) is 67.9 Å². The Bertz CT molecular complexity index is 1080. The summed E-state index contributed by atoms with van der Waals surface area (Å²) in [6.07, 6.45) is 1.40. The number of unbranched alkanes of at least 4 members (excludes halogenated alkanes) is 1. The van der Waals surface area contributed by atoms with E-state index in [4.69, 9.17) is 5.73 Å². The maximum atomic E-state index is 13.1. The molecule has 206 valence electrons. The number of carboxylic acids is 2. The summed E-state index contributed by atoms with van der Waals surface area (Å²) in [5.41, 5.74) is 7.32. The third-order valence-corrected chi connectivity index (χ3v) is 6.05. The fourth-order valence-electron chi connectivity index (χ4n) is 3.70. The first-order valence-corrected chi connectivity index (χ1v) is 12.6. The van der Waals surface area contributed by atoms with E-state index in [1.807, 2.05) is 61.5 Å². The number of carboxylic acid groups (broad SMARTS) is 2. The number of hydrogen-bond acceptors (Lipinski definition) is 5. The summed E-state index contributed by atoms with van der Waals surface area (Å²) in [4.78, 5) is 50.3. The Morgan fingerprint density at radius 3 is 2.08 bits per heavy atom. The monoisotopic (exact) mass is 526 g/mol. The van der Waals surface area contributed by atoms with E-state index >= 15 is 0 Å². The van der Waals surface area contributed by atoms with Crippen LogP contribution in [0.25, 0.3) is 11.1 Å². The molecule has 0 radical (unpaired) electrons. The van der Waals surface area contributed by atoms with Crippen molar-refractivity contribution in [2.45, 2.75) is 51.6 Å². The van der Waals surface area contributed by atoms with Crippen molar-refractivity contribution in [1.29, 1.82) is 0 Å². The zero-order valence-electron chi connectivity index (χ0n) is 22.1. The van der Waals surface area contributed by atoms with Gasteiger partial charge in [0.15, 0.2) is 0 Å². The van der Waals surface area contributed by atoms with Crippen LogP contribution < -0.4 is 16.4 Å². The molecule has 2 rings (SSSR count). The molecule has 2 aromatic rings. The normalized spacial score (nSPS) is 12.7. The van der Waals surface area contributed by atoms with Gasteiger partial charge in [-0.05, 0) is 37.0 Å². The number of aliphatic carboxylic acids is 2. The second-order valence-corrected chi connectivity index (χ2v) is 9.87. The van der Waals surface area contributed by atoms with Crippen molar-refractivity contribution in [2.24, 2.45) is 11.7 Å². The number of carbonyl (C=O) groups is 4. The second kappa shape index (κ2) is 14.1. The summed E-state index contributed by atoms with van der Waals surface area (Å²) in [6, 6.07) is 15.3. The summed E-state index contributed by atoms with van der Waals surface area (Å²) in [6.45, 7) is 4.74. The first-order valence-electron chi connectivity index (χ1n) is 12.6. The van der Waals surface area contributed by atoms with Crippen molar-refractivity contribution in [3.8, 4) is 11.1 Å². The van der Waals surface area contributed by atoms with Crippen LogP contribution in [-0.2, 0) is 20.8 Å². The molecule has 0 unspecified atom stereocenters. The highest BCUT2D eigenvalue weighted by molar-refractivity contribution is 5.86. The number of urea groups is 1. The van der Waals surface area contributed by atoms with Gasteiger partial charge in [0.2, 0.25) is 5.91 Å². The first-order chi connectivity index (χ1) is 17.9. The van der Waals surface area contributed by atoms with Gasteiger partial charge in [-0.3, -0.25) is 9.59 Å². The molecule has 0 fully saturated rings. The zero-order valence-corrected chi connectivity index (χ0v) is 22.1. The molecule has 10 heteroatoms. The Morgan fingerprint density at radius 2 is 1.55 bits per heavy atom. The van der Waals surface area contributed by atoms with Crippen LogP contribution in [0.15, 0.2) is 54.6 Å². The van der Waals surface area contributed by atoms with Crippen LogP contribution in [0.4, 0.5) is 4.79 Å². The Kier molecular flexibility index (Phi) is 11.3. The van der Waals surface area contributed by atoms with Gasteiger partial charge in [0.1, 0.15) is 6.04 Å². The topological polar surface area (TPSA) is 162 Å². The van der Waals surface area contributed by atoms with Crippen LogP contribution in [0.5, 0.6) is 0 Å². The molecular weight excluding hydrogens is 488 g/mol. The molecule has 38 heavy (non-hydrogen) atoms. The third-order valence-electron chi connectivity index (χ3n) is 6.05. The van der Waals surface area contributed by atoms with Crippen LogP contribution in [0.1, 0.15) is 39.2 Å². The van der Waals surface area contributed by atoms with Gasteiger partial charge in [-0.2, -0.15) is 0 Å². The van der Waals surface area contributed by atoms with Gasteiger partial charge >= 0.3 is 18.0 Å². The highest BCUT2D eigenvalue weighted by Gasteiger charge is 2.29. The molecule has 0 bridgehead atoms. The first kappa shape index (κ1) is 30.3. The Hall–Kier alpha value is -3.92. The fourth-order valence-corrected chi connectivity index (χ4v) is 3.70. The van der Waals surface area contributed by atoms with Crippen molar-refractivity contribution in [1.82, 2.24) is 15.5 Å². The smallest absolute Gasteiger partial charge is 0.326 e. The Labute approximate surface area is 223 Å². The SMILES string of the molecule is CCCCN(C[C@H](CNC(=O)C(C)(C)N)C(=O)O)C(=O)N[C@@H](Cc1ccc(-c2ccccc2)cc1)C(=O)O. The molecule has 6 N–H and O–H groups in total. The molecular formula is C28H38N4O6. The molecule has 0 aliphatic heterocycles. The van der Waals surface area contributed by atoms with Gasteiger partial charge in [0.05, 0.1) is 11.5 Å². The predicted octanol–water partition coefficient (Wildman–Crippen LogP) is 2.72. The molecule has 0 aromatic heterocycles. The maximum Gasteiger partial charge on any atom is 0.326 e. The summed E-state index contributed by atoms with van der Waals surface area (Å²) in [7, 11) is 0. The van der Waals surface area contributed by atoms with Crippen molar-refractivity contribution in [2.75, 3.05) is 19.6 Å². The van der Waals surface area contributed by atoms with Gasteiger partial charge in [-0.25, -0.2) is 9.59 Å². The number of nitrogens with two attached hydrogens (primary N) is 1. The van der Waals surface area contributed by atoms with Gasteiger partial charge < -0.3 is 31.5 Å². The van der Waals surface area contributed by atoms with Crippen molar-refractivity contribution >= 4 is 23.9 Å². The lowest BCUT2D eigenvalue weighted by molar-refractivity contribution is -0.142. The number of nitrogens with zero attached hydrogens (tertiary/aromatic N) is 1. The number of hydrogen-bond donors (Lipinski definition) is 5. The van der Waals surface area contributed by atoms with E-state index < -0.39 is 41.4 Å². The molecule has 0 aliphatic carbocycles. The van der Waals surface area contributed by atoms with E-state index in [9.17, 15) is 29.4 Å². The molecule has 2 aromatic carbocycles. The molecule has 0 saturated heterocycles. The molecule has 0 saturated carbocycles. The molecule has 10 nitrogen and oxygen atoms in total. The van der Waals surface area contributed by atoms with Crippen LogP contribution in [0.2, 0.25) is 0 Å². The average molecular weight is 527 g/mol. The van der Waals surface area contributed by atoms with Gasteiger partial charge in [0.25, 0.3) is 0 Å². The van der Waals surface area contributed by atoms with Crippen molar-refractivity contribution in [3.63, 3.8) is 0 Å². The quantitative estimate of drug-likeness (QED) is 0.253. The summed E-state index contributed by atoms with van der Waals surface area (Å²) >= 11 is 0. The average Bonchev–Trinajstić information content (AvgIpc) is 2.87.